The molecule has 0 aliphatic heterocycles. The number of oxazole rings is 1. The van der Waals surface area contributed by atoms with E-state index in [9.17, 15) is 0 Å². The normalized spacial score (nSPS) is 11.3. The summed E-state index contributed by atoms with van der Waals surface area (Å²) in [5.41, 5.74) is 10.7. The lowest BCUT2D eigenvalue weighted by Gasteiger charge is -2.26. The first-order chi connectivity index (χ1) is 23.8. The Balaban J connectivity index is 1.11. The Bertz CT molecular complexity index is 2520. The van der Waals surface area contributed by atoms with Crippen LogP contribution in [-0.2, 0) is 0 Å². The Morgan fingerprint density at radius 2 is 0.875 bits per heavy atom. The molecule has 0 N–H and O–H groups in total. The van der Waals surface area contributed by atoms with Crippen molar-refractivity contribution in [2.75, 3.05) is 4.90 Å². The molecule has 0 atom stereocenters. The lowest BCUT2D eigenvalue weighted by Crippen LogP contribution is -2.09. The summed E-state index contributed by atoms with van der Waals surface area (Å²) in [4.78, 5) is 7.15. The molecule has 0 saturated heterocycles. The fourth-order valence-electron chi connectivity index (χ4n) is 6.67. The van der Waals surface area contributed by atoms with Crippen molar-refractivity contribution in [2.24, 2.45) is 0 Å². The van der Waals surface area contributed by atoms with E-state index in [0.717, 1.165) is 61.0 Å². The van der Waals surface area contributed by atoms with Gasteiger partial charge in [0.05, 0.1) is 0 Å². The number of hydrogen-bond donors (Lipinski definition) is 0. The smallest absolute Gasteiger partial charge is 0.227 e. The van der Waals surface area contributed by atoms with Crippen LogP contribution in [0, 0.1) is 0 Å². The maximum Gasteiger partial charge on any atom is 0.227 e. The van der Waals surface area contributed by atoms with Gasteiger partial charge < -0.3 is 9.32 Å². The second-order valence-corrected chi connectivity index (χ2v) is 12.0. The molecule has 9 aromatic rings. The van der Waals surface area contributed by atoms with Gasteiger partial charge >= 0.3 is 0 Å². The lowest BCUT2D eigenvalue weighted by molar-refractivity contribution is 0.623. The minimum atomic E-state index is 0.638. The van der Waals surface area contributed by atoms with E-state index < -0.39 is 0 Å². The van der Waals surface area contributed by atoms with Gasteiger partial charge in [-0.1, -0.05) is 121 Å². The summed E-state index contributed by atoms with van der Waals surface area (Å²) in [7, 11) is 0. The van der Waals surface area contributed by atoms with Crippen molar-refractivity contribution in [3.8, 4) is 33.7 Å². The minimum absolute atomic E-state index is 0.638. The van der Waals surface area contributed by atoms with Crippen LogP contribution in [0.5, 0.6) is 0 Å². The summed E-state index contributed by atoms with van der Waals surface area (Å²) in [5, 5.41) is 4.55. The molecule has 0 unspecified atom stereocenters. The summed E-state index contributed by atoms with van der Waals surface area (Å²) in [6.07, 6.45) is 0. The Hall–Kier alpha value is -6.45. The second kappa shape index (κ2) is 11.7. The molecule has 0 aliphatic carbocycles. The van der Waals surface area contributed by atoms with Gasteiger partial charge in [-0.25, -0.2) is 4.98 Å². The Labute approximate surface area is 279 Å². The zero-order chi connectivity index (χ0) is 31.9. The van der Waals surface area contributed by atoms with Crippen LogP contribution in [0.25, 0.3) is 66.4 Å². The molecule has 0 fully saturated rings. The quantitative estimate of drug-likeness (QED) is 0.175. The van der Waals surface area contributed by atoms with Crippen molar-refractivity contribution < 1.29 is 4.42 Å². The number of rotatable bonds is 6. The van der Waals surface area contributed by atoms with Crippen molar-refractivity contribution >= 4 is 49.7 Å². The highest BCUT2D eigenvalue weighted by Crippen LogP contribution is 2.39. The van der Waals surface area contributed by atoms with E-state index in [2.05, 4.69) is 157 Å². The average Bonchev–Trinajstić information content (AvgIpc) is 3.61. The molecular formula is C45H30N2O. The predicted molar refractivity (Wildman–Crippen MR) is 200 cm³/mol. The van der Waals surface area contributed by atoms with Crippen molar-refractivity contribution in [1.82, 2.24) is 4.98 Å². The van der Waals surface area contributed by atoms with E-state index in [1.807, 2.05) is 30.3 Å². The SMILES string of the molecule is c1ccc(-c2ccc(N(c3ccccc3)c3ccc(-c4ccc5ccc6ccc7nc(-c8ccccc8)oc7c6c5c4)cc3)cc2)cc1. The third-order valence-corrected chi connectivity index (χ3v) is 9.08. The molecule has 226 valence electrons. The molecule has 1 aromatic heterocycles. The highest BCUT2D eigenvalue weighted by Gasteiger charge is 2.16. The molecule has 0 aliphatic rings. The number of fused-ring (bicyclic) bond motifs is 5. The summed E-state index contributed by atoms with van der Waals surface area (Å²) in [6, 6.07) is 64.0. The predicted octanol–water partition coefficient (Wildman–Crippen LogP) is 12.6. The van der Waals surface area contributed by atoms with Crippen molar-refractivity contribution in [3.05, 3.63) is 182 Å². The maximum atomic E-state index is 6.46. The number of para-hydroxylation sites is 1. The monoisotopic (exact) mass is 614 g/mol. The third-order valence-electron chi connectivity index (χ3n) is 9.08. The molecule has 3 heteroatoms. The Morgan fingerprint density at radius 1 is 0.396 bits per heavy atom. The first-order valence-electron chi connectivity index (χ1n) is 16.2. The number of hydrogen-bond acceptors (Lipinski definition) is 3. The first-order valence-corrected chi connectivity index (χ1v) is 16.2. The molecular weight excluding hydrogens is 585 g/mol. The van der Waals surface area contributed by atoms with Gasteiger partial charge in [0.25, 0.3) is 0 Å². The van der Waals surface area contributed by atoms with Crippen LogP contribution in [0.3, 0.4) is 0 Å². The molecule has 1 heterocycles. The van der Waals surface area contributed by atoms with Crippen LogP contribution in [0.15, 0.2) is 186 Å². The average molecular weight is 615 g/mol. The standard InChI is InChI=1S/C45H30N2O/c1-4-10-31(11-5-1)32-20-25-39(26-21-32)47(38-14-8-3-9-15-38)40-27-22-33(23-28-40)37-19-17-34-16-18-35-24-29-42-44(43(35)41(34)30-37)48-45(46-42)36-12-6-2-7-13-36/h1-30H. The van der Waals surface area contributed by atoms with Crippen LogP contribution in [0.1, 0.15) is 0 Å². The van der Waals surface area contributed by atoms with E-state index in [0.29, 0.717) is 5.89 Å². The van der Waals surface area contributed by atoms with E-state index in [1.165, 1.54) is 16.5 Å². The molecule has 0 spiro atoms. The third kappa shape index (κ3) is 4.99. The first kappa shape index (κ1) is 27.8. The zero-order valence-electron chi connectivity index (χ0n) is 26.1. The summed E-state index contributed by atoms with van der Waals surface area (Å²) < 4.78 is 6.46. The fraction of sp³-hybridized carbons (Fsp3) is 0. The molecule has 8 aromatic carbocycles. The van der Waals surface area contributed by atoms with Crippen LogP contribution in [-0.4, -0.2) is 4.98 Å². The van der Waals surface area contributed by atoms with Gasteiger partial charge in [-0.2, -0.15) is 0 Å². The topological polar surface area (TPSA) is 29.3 Å². The molecule has 3 nitrogen and oxygen atoms in total. The lowest BCUT2D eigenvalue weighted by atomic mass is 9.96. The molecule has 0 bridgehead atoms. The summed E-state index contributed by atoms with van der Waals surface area (Å²) in [5.74, 6) is 0.638. The minimum Gasteiger partial charge on any atom is -0.435 e. The highest BCUT2D eigenvalue weighted by molar-refractivity contribution is 6.18. The molecule has 0 saturated carbocycles. The Kier molecular flexibility index (Phi) is 6.80. The van der Waals surface area contributed by atoms with Crippen LogP contribution in [0.4, 0.5) is 17.1 Å². The van der Waals surface area contributed by atoms with Crippen LogP contribution >= 0.6 is 0 Å². The van der Waals surface area contributed by atoms with Gasteiger partial charge in [-0.3, -0.25) is 0 Å². The van der Waals surface area contributed by atoms with Crippen molar-refractivity contribution in [3.63, 3.8) is 0 Å². The second-order valence-electron chi connectivity index (χ2n) is 12.0. The molecule has 0 amide bonds. The molecule has 48 heavy (non-hydrogen) atoms. The zero-order valence-corrected chi connectivity index (χ0v) is 26.1. The van der Waals surface area contributed by atoms with E-state index in [-0.39, 0.29) is 0 Å². The van der Waals surface area contributed by atoms with Gasteiger partial charge in [-0.05, 0) is 99.1 Å². The summed E-state index contributed by atoms with van der Waals surface area (Å²) in [6.45, 7) is 0. The maximum absolute atomic E-state index is 6.46. The molecule has 0 radical (unpaired) electrons. The van der Waals surface area contributed by atoms with Gasteiger partial charge in [-0.15, -0.1) is 0 Å². The van der Waals surface area contributed by atoms with E-state index >= 15 is 0 Å². The van der Waals surface area contributed by atoms with Gasteiger partial charge in [0, 0.05) is 28.0 Å². The Morgan fingerprint density at radius 3 is 1.54 bits per heavy atom. The summed E-state index contributed by atoms with van der Waals surface area (Å²) >= 11 is 0. The van der Waals surface area contributed by atoms with Gasteiger partial charge in [0.15, 0.2) is 5.58 Å². The fourth-order valence-corrected chi connectivity index (χ4v) is 6.67. The van der Waals surface area contributed by atoms with E-state index in [1.54, 1.807) is 0 Å². The number of anilines is 3. The van der Waals surface area contributed by atoms with Crippen molar-refractivity contribution in [2.45, 2.75) is 0 Å². The van der Waals surface area contributed by atoms with Crippen molar-refractivity contribution in [1.29, 1.82) is 0 Å². The molecule has 9 rings (SSSR count). The van der Waals surface area contributed by atoms with Crippen LogP contribution < -0.4 is 4.90 Å². The van der Waals surface area contributed by atoms with Crippen LogP contribution in [0.2, 0.25) is 0 Å². The van der Waals surface area contributed by atoms with Gasteiger partial charge in [0.2, 0.25) is 5.89 Å². The number of benzene rings is 8. The largest absolute Gasteiger partial charge is 0.435 e. The van der Waals surface area contributed by atoms with Gasteiger partial charge in [0.1, 0.15) is 5.52 Å². The number of nitrogens with zero attached hydrogens (tertiary/aromatic N) is 2. The number of aromatic nitrogens is 1. The van der Waals surface area contributed by atoms with E-state index in [4.69, 9.17) is 9.40 Å². The highest BCUT2D eigenvalue weighted by atomic mass is 16.3.